The molecule has 26 heavy (non-hydrogen) atoms. The lowest BCUT2D eigenvalue weighted by atomic mass is 9.84. The van der Waals surface area contributed by atoms with E-state index in [-0.39, 0.29) is 30.4 Å². The van der Waals surface area contributed by atoms with Crippen LogP contribution in [0.4, 0.5) is 0 Å². The first-order valence-electron chi connectivity index (χ1n) is 8.25. The van der Waals surface area contributed by atoms with Crippen LogP contribution in [0.2, 0.25) is 0 Å². The van der Waals surface area contributed by atoms with Gasteiger partial charge in [-0.25, -0.2) is 9.59 Å². The largest absolute Gasteiger partial charge is 0.454 e. The lowest BCUT2D eigenvalue weighted by Gasteiger charge is -2.37. The van der Waals surface area contributed by atoms with E-state index in [2.05, 4.69) is 13.2 Å². The van der Waals surface area contributed by atoms with Crippen molar-refractivity contribution in [1.82, 2.24) is 0 Å². The summed E-state index contributed by atoms with van der Waals surface area (Å²) >= 11 is 0. The Balaban J connectivity index is 2.34. The molecule has 0 aromatic carbocycles. The number of hydrogen-bond donors (Lipinski definition) is 0. The Morgan fingerprint density at radius 2 is 1.65 bits per heavy atom. The van der Waals surface area contributed by atoms with Crippen molar-refractivity contribution in [2.75, 3.05) is 0 Å². The summed E-state index contributed by atoms with van der Waals surface area (Å²) < 4.78 is 21.4. The fourth-order valence-electron chi connectivity index (χ4n) is 3.05. The van der Waals surface area contributed by atoms with Crippen LogP contribution in [0.25, 0.3) is 0 Å². The molecule has 142 valence electrons. The van der Waals surface area contributed by atoms with E-state index in [0.29, 0.717) is 0 Å². The van der Waals surface area contributed by atoms with Crippen molar-refractivity contribution >= 4 is 23.9 Å². The van der Waals surface area contributed by atoms with E-state index in [1.165, 1.54) is 13.8 Å². The van der Waals surface area contributed by atoms with Crippen LogP contribution in [0.15, 0.2) is 24.3 Å². The molecule has 0 aromatic rings. The van der Waals surface area contributed by atoms with Gasteiger partial charge in [-0.3, -0.25) is 9.59 Å². The molecule has 0 aliphatic carbocycles. The third kappa shape index (κ3) is 3.63. The van der Waals surface area contributed by atoms with E-state index in [9.17, 15) is 19.2 Å². The Hall–Kier alpha value is -2.64. The second kappa shape index (κ2) is 7.31. The van der Waals surface area contributed by atoms with E-state index < -0.39 is 47.8 Å². The minimum Gasteiger partial charge on any atom is -0.454 e. The van der Waals surface area contributed by atoms with Crippen LogP contribution < -0.4 is 0 Å². The van der Waals surface area contributed by atoms with Gasteiger partial charge in [0.1, 0.15) is 0 Å². The van der Waals surface area contributed by atoms with E-state index in [1.54, 1.807) is 6.92 Å². The predicted molar refractivity (Wildman–Crippen MR) is 87.6 cm³/mol. The quantitative estimate of drug-likeness (QED) is 0.394. The fraction of sp³-hybridized carbons (Fsp3) is 0.556. The summed E-state index contributed by atoms with van der Waals surface area (Å²) in [7, 11) is 0. The number of carbonyl (C=O) groups is 4. The second-order valence-corrected chi connectivity index (χ2v) is 6.50. The van der Waals surface area contributed by atoms with Crippen LogP contribution in [0.1, 0.15) is 40.0 Å². The summed E-state index contributed by atoms with van der Waals surface area (Å²) in [6.45, 7) is 11.6. The summed E-state index contributed by atoms with van der Waals surface area (Å²) in [6, 6.07) is 0. The number of ether oxygens (including phenoxy) is 4. The van der Waals surface area contributed by atoms with E-state index >= 15 is 0 Å². The molecule has 8 nitrogen and oxygen atoms in total. The van der Waals surface area contributed by atoms with Gasteiger partial charge >= 0.3 is 23.9 Å². The van der Waals surface area contributed by atoms with Gasteiger partial charge in [-0.15, -0.1) is 0 Å². The number of esters is 4. The highest BCUT2D eigenvalue weighted by atomic mass is 16.7. The maximum atomic E-state index is 12.0. The highest BCUT2D eigenvalue weighted by molar-refractivity contribution is 5.88. The molecule has 2 rings (SSSR count). The zero-order chi connectivity index (χ0) is 19.6. The monoisotopic (exact) mass is 366 g/mol. The lowest BCUT2D eigenvalue weighted by Crippen LogP contribution is -2.55. The number of cyclic esters (lactones) is 2. The van der Waals surface area contributed by atoms with Gasteiger partial charge in [0, 0.05) is 11.1 Å². The molecular weight excluding hydrogens is 344 g/mol. The van der Waals surface area contributed by atoms with Gasteiger partial charge in [0.25, 0.3) is 0 Å². The molecule has 2 saturated heterocycles. The molecule has 0 bridgehead atoms. The summed E-state index contributed by atoms with van der Waals surface area (Å²) in [5, 5.41) is 0. The van der Waals surface area contributed by atoms with E-state index in [4.69, 9.17) is 18.9 Å². The van der Waals surface area contributed by atoms with Gasteiger partial charge in [0.05, 0.1) is 12.8 Å². The van der Waals surface area contributed by atoms with Crippen LogP contribution >= 0.6 is 0 Å². The predicted octanol–water partition coefficient (Wildman–Crippen LogP) is 1.37. The van der Waals surface area contributed by atoms with Crippen LogP contribution in [-0.2, 0) is 38.1 Å². The Bertz CT molecular complexity index is 679. The smallest absolute Gasteiger partial charge is 0.333 e. The summed E-state index contributed by atoms with van der Waals surface area (Å²) in [5.41, 5.74) is -1.13. The van der Waals surface area contributed by atoms with Crippen LogP contribution in [0.3, 0.4) is 0 Å². The zero-order valence-electron chi connectivity index (χ0n) is 15.0. The third-order valence-corrected chi connectivity index (χ3v) is 4.40. The molecule has 0 amide bonds. The highest BCUT2D eigenvalue weighted by Gasteiger charge is 2.62. The van der Waals surface area contributed by atoms with Gasteiger partial charge in [0.15, 0.2) is 23.9 Å². The molecule has 2 heterocycles. The topological polar surface area (TPSA) is 105 Å². The van der Waals surface area contributed by atoms with Crippen molar-refractivity contribution in [3.63, 3.8) is 0 Å². The van der Waals surface area contributed by atoms with Crippen LogP contribution in [-0.4, -0.2) is 47.8 Å². The molecule has 2 aliphatic rings. The highest BCUT2D eigenvalue weighted by Crippen LogP contribution is 2.42. The first-order chi connectivity index (χ1) is 12.1. The van der Waals surface area contributed by atoms with Crippen molar-refractivity contribution in [1.29, 1.82) is 0 Å². The number of hydrogen-bond acceptors (Lipinski definition) is 8. The van der Waals surface area contributed by atoms with Crippen molar-refractivity contribution < 1.29 is 38.1 Å². The molecule has 4 atom stereocenters. The molecule has 2 aliphatic heterocycles. The third-order valence-electron chi connectivity index (χ3n) is 4.40. The van der Waals surface area contributed by atoms with Gasteiger partial charge in [-0.2, -0.15) is 0 Å². The Kier molecular flexibility index (Phi) is 5.53. The van der Waals surface area contributed by atoms with Gasteiger partial charge in [-0.05, 0) is 20.3 Å². The zero-order valence-corrected chi connectivity index (χ0v) is 15.0. The second-order valence-electron chi connectivity index (χ2n) is 6.50. The van der Waals surface area contributed by atoms with Crippen LogP contribution in [0.5, 0.6) is 0 Å². The van der Waals surface area contributed by atoms with Crippen molar-refractivity contribution in [3.8, 4) is 0 Å². The summed E-state index contributed by atoms with van der Waals surface area (Å²) in [5.74, 6) is -2.58. The Morgan fingerprint density at radius 1 is 1.08 bits per heavy atom. The first-order valence-corrected chi connectivity index (χ1v) is 8.25. The molecule has 8 heteroatoms. The molecule has 0 radical (unpaired) electrons. The molecule has 0 saturated carbocycles. The molecule has 0 N–H and O–H groups in total. The number of rotatable bonds is 6. The Morgan fingerprint density at radius 3 is 2.19 bits per heavy atom. The summed E-state index contributed by atoms with van der Waals surface area (Å²) in [6.07, 6.45) is -3.26. The van der Waals surface area contributed by atoms with Gasteiger partial charge in [0.2, 0.25) is 0 Å². The lowest BCUT2D eigenvalue weighted by molar-refractivity contribution is -0.196. The molecular formula is C18H22O8. The van der Waals surface area contributed by atoms with Crippen molar-refractivity contribution in [2.45, 2.75) is 63.9 Å². The molecule has 2 fully saturated rings. The molecule has 0 aromatic heterocycles. The Labute approximate surface area is 151 Å². The normalized spacial score (nSPS) is 30.3. The maximum absolute atomic E-state index is 12.0. The molecule has 4 unspecified atom stereocenters. The van der Waals surface area contributed by atoms with E-state index in [1.807, 2.05) is 0 Å². The maximum Gasteiger partial charge on any atom is 0.333 e. The minimum atomic E-state index is -1.44. The van der Waals surface area contributed by atoms with Crippen molar-refractivity contribution in [2.24, 2.45) is 0 Å². The average Bonchev–Trinajstić information content (AvgIpc) is 3.07. The van der Waals surface area contributed by atoms with Crippen molar-refractivity contribution in [3.05, 3.63) is 24.3 Å². The first kappa shape index (κ1) is 19.7. The summed E-state index contributed by atoms with van der Waals surface area (Å²) in [4.78, 5) is 47.6. The SMILES string of the molecule is C=C(C)C(=O)OC1CC(=O)OC1C1(CC)OC(=O)CC1OC(=O)C(=C)C. The van der Waals surface area contributed by atoms with Gasteiger partial charge < -0.3 is 18.9 Å². The fourth-order valence-corrected chi connectivity index (χ4v) is 3.05. The molecule has 0 spiro atoms. The minimum absolute atomic E-state index is 0.155. The standard InChI is InChI=1S/C18H22O8/c1-6-18(12(8-14(20)26-18)24-17(22)10(4)5)15-11(7-13(19)25-15)23-16(21)9(2)3/h11-12,15H,2,4,6-8H2,1,3,5H3. The van der Waals surface area contributed by atoms with Crippen LogP contribution in [0, 0.1) is 0 Å². The average molecular weight is 366 g/mol. The number of carbonyl (C=O) groups excluding carboxylic acids is 4. The van der Waals surface area contributed by atoms with Gasteiger partial charge in [-0.1, -0.05) is 20.1 Å². The van der Waals surface area contributed by atoms with E-state index in [0.717, 1.165) is 0 Å².